The van der Waals surface area contributed by atoms with Gasteiger partial charge in [0.25, 0.3) is 0 Å². The topological polar surface area (TPSA) is 46.3 Å². The van der Waals surface area contributed by atoms with Crippen LogP contribution in [0.4, 0.5) is 0 Å². The van der Waals surface area contributed by atoms with E-state index in [-0.39, 0.29) is 11.8 Å². The summed E-state index contributed by atoms with van der Waals surface area (Å²) < 4.78 is 0. The van der Waals surface area contributed by atoms with Crippen LogP contribution in [0.15, 0.2) is 0 Å². The molecule has 0 radical (unpaired) electrons. The quantitative estimate of drug-likeness (QED) is 0.800. The third-order valence-corrected chi connectivity index (χ3v) is 4.03. The molecule has 3 heteroatoms. The number of amides is 1. The van der Waals surface area contributed by atoms with Crippen molar-refractivity contribution in [1.82, 2.24) is 4.90 Å². The van der Waals surface area contributed by atoms with Crippen molar-refractivity contribution in [3.05, 3.63) is 0 Å². The van der Waals surface area contributed by atoms with Crippen LogP contribution in [-0.2, 0) is 4.79 Å². The molecule has 1 aliphatic carbocycles. The van der Waals surface area contributed by atoms with Crippen molar-refractivity contribution in [3.63, 3.8) is 0 Å². The van der Waals surface area contributed by atoms with Gasteiger partial charge in [0.2, 0.25) is 5.91 Å². The van der Waals surface area contributed by atoms with Gasteiger partial charge in [-0.05, 0) is 31.6 Å². The first-order valence-corrected chi connectivity index (χ1v) is 6.45. The zero-order valence-corrected chi connectivity index (χ0v) is 11.1. The Kier molecular flexibility index (Phi) is 4.78. The molecule has 1 fully saturated rings. The molecule has 94 valence electrons. The summed E-state index contributed by atoms with van der Waals surface area (Å²) >= 11 is 0. The second-order valence-electron chi connectivity index (χ2n) is 5.55. The predicted octanol–water partition coefficient (Wildman–Crippen LogP) is 2.01. The normalized spacial score (nSPS) is 27.9. The van der Waals surface area contributed by atoms with Gasteiger partial charge in [-0.15, -0.1) is 0 Å². The Labute approximate surface area is 99.4 Å². The standard InChI is InChI=1S/C13H26N2O/c1-9(2)10(3)13(16)15(4)12-7-5-11(14)6-8-12/h9-12H,5-8,14H2,1-4H3. The molecule has 0 aromatic rings. The van der Waals surface area contributed by atoms with Crippen LogP contribution in [0.3, 0.4) is 0 Å². The molecule has 2 N–H and O–H groups in total. The van der Waals surface area contributed by atoms with E-state index in [2.05, 4.69) is 13.8 Å². The summed E-state index contributed by atoms with van der Waals surface area (Å²) in [6.45, 7) is 6.23. The average Bonchev–Trinajstić information content (AvgIpc) is 2.27. The van der Waals surface area contributed by atoms with Gasteiger partial charge in [0.05, 0.1) is 0 Å². The highest BCUT2D eigenvalue weighted by Crippen LogP contribution is 2.23. The second-order valence-corrected chi connectivity index (χ2v) is 5.55. The highest BCUT2D eigenvalue weighted by molar-refractivity contribution is 5.78. The molecule has 0 bridgehead atoms. The summed E-state index contributed by atoms with van der Waals surface area (Å²) in [4.78, 5) is 14.1. The molecule has 3 nitrogen and oxygen atoms in total. The SMILES string of the molecule is CC(C)C(C)C(=O)N(C)C1CCC(N)CC1. The van der Waals surface area contributed by atoms with Gasteiger partial charge < -0.3 is 10.6 Å². The van der Waals surface area contributed by atoms with Crippen LogP contribution in [0, 0.1) is 11.8 Å². The van der Waals surface area contributed by atoms with Gasteiger partial charge in [0.15, 0.2) is 0 Å². The average molecular weight is 226 g/mol. The predicted molar refractivity (Wildman–Crippen MR) is 67.0 cm³/mol. The van der Waals surface area contributed by atoms with E-state index in [4.69, 9.17) is 5.73 Å². The fourth-order valence-electron chi connectivity index (χ4n) is 2.28. The maximum atomic E-state index is 12.2. The minimum Gasteiger partial charge on any atom is -0.343 e. The number of nitrogens with two attached hydrogens (primary N) is 1. The lowest BCUT2D eigenvalue weighted by Gasteiger charge is -2.35. The van der Waals surface area contributed by atoms with Gasteiger partial charge in [-0.3, -0.25) is 4.79 Å². The van der Waals surface area contributed by atoms with Crippen LogP contribution in [-0.4, -0.2) is 29.9 Å². The molecule has 1 unspecified atom stereocenters. The molecular formula is C13H26N2O. The minimum atomic E-state index is 0.126. The molecule has 0 spiro atoms. The molecule has 1 aliphatic rings. The lowest BCUT2D eigenvalue weighted by atomic mass is 9.89. The minimum absolute atomic E-state index is 0.126. The van der Waals surface area contributed by atoms with Gasteiger partial charge in [-0.25, -0.2) is 0 Å². The van der Waals surface area contributed by atoms with Gasteiger partial charge in [-0.2, -0.15) is 0 Å². The van der Waals surface area contributed by atoms with E-state index < -0.39 is 0 Å². The zero-order chi connectivity index (χ0) is 12.3. The Morgan fingerprint density at radius 2 is 1.69 bits per heavy atom. The molecule has 16 heavy (non-hydrogen) atoms. The lowest BCUT2D eigenvalue weighted by molar-refractivity contribution is -0.137. The molecule has 0 aliphatic heterocycles. The molecule has 0 heterocycles. The summed E-state index contributed by atoms with van der Waals surface area (Å²) in [5, 5.41) is 0. The van der Waals surface area contributed by atoms with Crippen molar-refractivity contribution in [1.29, 1.82) is 0 Å². The molecule has 1 atom stereocenters. The smallest absolute Gasteiger partial charge is 0.225 e. The van der Waals surface area contributed by atoms with Gasteiger partial charge in [0.1, 0.15) is 0 Å². The van der Waals surface area contributed by atoms with E-state index in [1.54, 1.807) is 0 Å². The van der Waals surface area contributed by atoms with Crippen molar-refractivity contribution >= 4 is 5.91 Å². The van der Waals surface area contributed by atoms with Crippen molar-refractivity contribution in [2.24, 2.45) is 17.6 Å². The number of rotatable bonds is 3. The molecule has 1 amide bonds. The maximum absolute atomic E-state index is 12.2. The number of carbonyl (C=O) groups is 1. The van der Waals surface area contributed by atoms with E-state index in [1.807, 2.05) is 18.9 Å². The number of nitrogens with zero attached hydrogens (tertiary/aromatic N) is 1. The first-order chi connectivity index (χ1) is 7.43. The van der Waals surface area contributed by atoms with E-state index in [1.165, 1.54) is 0 Å². The summed E-state index contributed by atoms with van der Waals surface area (Å²) in [6.07, 6.45) is 4.24. The first kappa shape index (κ1) is 13.5. The number of carbonyl (C=O) groups excluding carboxylic acids is 1. The summed E-state index contributed by atoms with van der Waals surface area (Å²) in [6, 6.07) is 0.760. The Bertz CT molecular complexity index is 232. The Hall–Kier alpha value is -0.570. The lowest BCUT2D eigenvalue weighted by Crippen LogP contribution is -2.44. The van der Waals surface area contributed by atoms with Crippen molar-refractivity contribution in [2.45, 2.75) is 58.5 Å². The van der Waals surface area contributed by atoms with E-state index in [0.29, 0.717) is 18.0 Å². The number of hydrogen-bond acceptors (Lipinski definition) is 2. The van der Waals surface area contributed by atoms with Gasteiger partial charge in [0, 0.05) is 25.0 Å². The van der Waals surface area contributed by atoms with Crippen LogP contribution >= 0.6 is 0 Å². The molecule has 0 aromatic carbocycles. The van der Waals surface area contributed by atoms with Crippen LogP contribution in [0.5, 0.6) is 0 Å². The number of hydrogen-bond donors (Lipinski definition) is 1. The van der Waals surface area contributed by atoms with Gasteiger partial charge in [-0.1, -0.05) is 20.8 Å². The first-order valence-electron chi connectivity index (χ1n) is 6.45. The fourth-order valence-corrected chi connectivity index (χ4v) is 2.28. The van der Waals surface area contributed by atoms with Crippen LogP contribution in [0.1, 0.15) is 46.5 Å². The van der Waals surface area contributed by atoms with E-state index >= 15 is 0 Å². The highest BCUT2D eigenvalue weighted by Gasteiger charge is 2.28. The fraction of sp³-hybridized carbons (Fsp3) is 0.923. The second kappa shape index (κ2) is 5.67. The van der Waals surface area contributed by atoms with Crippen LogP contribution in [0.25, 0.3) is 0 Å². The van der Waals surface area contributed by atoms with Crippen LogP contribution in [0.2, 0.25) is 0 Å². The summed E-state index contributed by atoms with van der Waals surface area (Å²) in [5.41, 5.74) is 5.88. The van der Waals surface area contributed by atoms with Crippen molar-refractivity contribution < 1.29 is 4.79 Å². The molecule has 1 saturated carbocycles. The largest absolute Gasteiger partial charge is 0.343 e. The molecular weight excluding hydrogens is 200 g/mol. The van der Waals surface area contributed by atoms with Crippen LogP contribution < -0.4 is 5.73 Å². The summed E-state index contributed by atoms with van der Waals surface area (Å²) in [7, 11) is 1.95. The van der Waals surface area contributed by atoms with Crippen molar-refractivity contribution in [3.8, 4) is 0 Å². The van der Waals surface area contributed by atoms with E-state index in [0.717, 1.165) is 25.7 Å². The van der Waals surface area contributed by atoms with E-state index in [9.17, 15) is 4.79 Å². The third-order valence-electron chi connectivity index (χ3n) is 4.03. The third kappa shape index (κ3) is 3.21. The highest BCUT2D eigenvalue weighted by atomic mass is 16.2. The summed E-state index contributed by atoms with van der Waals surface area (Å²) in [5.74, 6) is 0.830. The molecule has 0 aromatic heterocycles. The Morgan fingerprint density at radius 3 is 2.12 bits per heavy atom. The van der Waals surface area contributed by atoms with Gasteiger partial charge >= 0.3 is 0 Å². The zero-order valence-electron chi connectivity index (χ0n) is 11.1. The Balaban J connectivity index is 2.50. The molecule has 1 rings (SSSR count). The Morgan fingerprint density at radius 1 is 1.19 bits per heavy atom. The maximum Gasteiger partial charge on any atom is 0.225 e. The van der Waals surface area contributed by atoms with Crippen molar-refractivity contribution in [2.75, 3.05) is 7.05 Å². The monoisotopic (exact) mass is 226 g/mol. The molecule has 0 saturated heterocycles.